The van der Waals surface area contributed by atoms with Crippen LogP contribution in [0.3, 0.4) is 0 Å². The normalized spacial score (nSPS) is 10.7. The first-order chi connectivity index (χ1) is 16.0. The number of aromatic nitrogens is 1. The summed E-state index contributed by atoms with van der Waals surface area (Å²) in [6.45, 7) is 1.84. The third kappa shape index (κ3) is 6.30. The maximum absolute atomic E-state index is 13.0. The Bertz CT molecular complexity index is 1290. The highest BCUT2D eigenvalue weighted by atomic mass is 32.2. The van der Waals surface area contributed by atoms with Crippen molar-refractivity contribution >= 4 is 56.5 Å². The summed E-state index contributed by atoms with van der Waals surface area (Å²) < 4.78 is 20.2. The Morgan fingerprint density at radius 1 is 1.00 bits per heavy atom. The Morgan fingerprint density at radius 3 is 2.52 bits per heavy atom. The molecule has 4 rings (SSSR count). The van der Waals surface area contributed by atoms with Gasteiger partial charge in [0.25, 0.3) is 5.91 Å². The molecular formula is C24H20FN3O3S2. The van der Waals surface area contributed by atoms with Crippen LogP contribution in [0.2, 0.25) is 0 Å². The molecule has 1 aromatic heterocycles. The number of carbonyl (C=O) groups excluding carboxylic acids is 2. The van der Waals surface area contributed by atoms with Crippen molar-refractivity contribution in [3.63, 3.8) is 0 Å². The second-order valence-electron chi connectivity index (χ2n) is 7.11. The first kappa shape index (κ1) is 22.8. The fraction of sp³-hybridized carbons (Fsp3) is 0.125. The summed E-state index contributed by atoms with van der Waals surface area (Å²) in [5.41, 5.74) is 2.94. The van der Waals surface area contributed by atoms with E-state index < -0.39 is 0 Å². The number of para-hydroxylation sites is 1. The Labute approximate surface area is 198 Å². The molecule has 0 fully saturated rings. The smallest absolute Gasteiger partial charge is 0.262 e. The highest BCUT2D eigenvalue weighted by Crippen LogP contribution is 2.31. The monoisotopic (exact) mass is 481 g/mol. The van der Waals surface area contributed by atoms with Crippen LogP contribution in [0, 0.1) is 12.7 Å². The van der Waals surface area contributed by atoms with Gasteiger partial charge in [-0.15, -0.1) is 11.3 Å². The molecule has 6 nitrogen and oxygen atoms in total. The number of carbonyl (C=O) groups is 2. The molecule has 33 heavy (non-hydrogen) atoms. The maximum Gasteiger partial charge on any atom is 0.262 e. The van der Waals surface area contributed by atoms with Gasteiger partial charge in [0, 0.05) is 11.4 Å². The van der Waals surface area contributed by atoms with Crippen LogP contribution in [0.5, 0.6) is 5.75 Å². The lowest BCUT2D eigenvalue weighted by molar-refractivity contribution is -0.118. The Hall–Kier alpha value is -3.43. The van der Waals surface area contributed by atoms with E-state index in [4.69, 9.17) is 4.74 Å². The second kappa shape index (κ2) is 10.5. The molecule has 1 heterocycles. The van der Waals surface area contributed by atoms with Crippen molar-refractivity contribution < 1.29 is 18.7 Å². The summed E-state index contributed by atoms with van der Waals surface area (Å²) in [5, 5.41) is 5.55. The van der Waals surface area contributed by atoms with Gasteiger partial charge in [-0.2, -0.15) is 0 Å². The van der Waals surface area contributed by atoms with Gasteiger partial charge in [-0.25, -0.2) is 9.37 Å². The summed E-state index contributed by atoms with van der Waals surface area (Å²) >= 11 is 2.76. The van der Waals surface area contributed by atoms with E-state index in [-0.39, 0.29) is 30.0 Å². The minimum Gasteiger partial charge on any atom is -0.483 e. The van der Waals surface area contributed by atoms with Crippen LogP contribution < -0.4 is 15.4 Å². The number of anilines is 2. The summed E-state index contributed by atoms with van der Waals surface area (Å²) in [7, 11) is 0. The number of nitrogens with one attached hydrogen (secondary N) is 2. The number of hydrogen-bond acceptors (Lipinski definition) is 6. The van der Waals surface area contributed by atoms with Gasteiger partial charge in [0.05, 0.1) is 16.0 Å². The van der Waals surface area contributed by atoms with Crippen LogP contribution in [-0.2, 0) is 9.59 Å². The predicted octanol–water partition coefficient (Wildman–Crippen LogP) is 5.49. The van der Waals surface area contributed by atoms with Gasteiger partial charge < -0.3 is 15.4 Å². The predicted molar refractivity (Wildman–Crippen MR) is 131 cm³/mol. The average molecular weight is 482 g/mol. The maximum atomic E-state index is 13.0. The zero-order valence-electron chi connectivity index (χ0n) is 17.6. The van der Waals surface area contributed by atoms with E-state index >= 15 is 0 Å². The molecule has 0 aliphatic heterocycles. The molecule has 4 aromatic rings. The number of nitrogens with zero attached hydrogens (tertiary/aromatic N) is 1. The molecule has 168 valence electrons. The van der Waals surface area contributed by atoms with Crippen LogP contribution in [-0.4, -0.2) is 29.2 Å². The molecule has 3 aromatic carbocycles. The van der Waals surface area contributed by atoms with Gasteiger partial charge in [0.15, 0.2) is 10.9 Å². The number of hydrogen-bond donors (Lipinski definition) is 2. The third-order valence-electron chi connectivity index (χ3n) is 4.56. The molecule has 0 radical (unpaired) electrons. The molecule has 0 unspecified atom stereocenters. The Balaban J connectivity index is 1.31. The average Bonchev–Trinajstić information content (AvgIpc) is 3.21. The summed E-state index contributed by atoms with van der Waals surface area (Å²) in [6, 6.07) is 18.6. The van der Waals surface area contributed by atoms with Gasteiger partial charge in [-0.1, -0.05) is 30.0 Å². The molecule has 0 atom stereocenters. The van der Waals surface area contributed by atoms with Gasteiger partial charge in [-0.3, -0.25) is 9.59 Å². The summed E-state index contributed by atoms with van der Waals surface area (Å²) in [6.07, 6.45) is 0. The molecule has 0 saturated heterocycles. The van der Waals surface area contributed by atoms with Crippen molar-refractivity contribution in [2.24, 2.45) is 0 Å². The summed E-state index contributed by atoms with van der Waals surface area (Å²) in [5.74, 6) is 0.0420. The highest BCUT2D eigenvalue weighted by Gasteiger charge is 2.11. The van der Waals surface area contributed by atoms with Crippen LogP contribution in [0.25, 0.3) is 10.2 Å². The van der Waals surface area contributed by atoms with Gasteiger partial charge in [0.1, 0.15) is 11.6 Å². The van der Waals surface area contributed by atoms with E-state index in [0.29, 0.717) is 17.1 Å². The van der Waals surface area contributed by atoms with Crippen LogP contribution >= 0.6 is 23.1 Å². The van der Waals surface area contributed by atoms with Crippen LogP contribution in [0.4, 0.5) is 15.8 Å². The van der Waals surface area contributed by atoms with Crippen molar-refractivity contribution in [2.75, 3.05) is 23.0 Å². The van der Waals surface area contributed by atoms with Gasteiger partial charge in [0.2, 0.25) is 5.91 Å². The highest BCUT2D eigenvalue weighted by molar-refractivity contribution is 8.01. The first-order valence-electron chi connectivity index (χ1n) is 10.0. The SMILES string of the molecule is Cc1ccccc1OCC(=O)Nc1ccc2nc(SCC(=O)Nc3ccc(F)cc3)sc2c1. The second-order valence-corrected chi connectivity index (χ2v) is 9.36. The summed E-state index contributed by atoms with van der Waals surface area (Å²) in [4.78, 5) is 28.9. The number of thiazole rings is 1. The van der Waals surface area contributed by atoms with E-state index in [1.54, 1.807) is 6.07 Å². The molecule has 0 saturated carbocycles. The number of rotatable bonds is 8. The minimum absolute atomic E-state index is 0.0875. The van der Waals surface area contributed by atoms with Crippen molar-refractivity contribution in [3.05, 3.63) is 78.1 Å². The van der Waals surface area contributed by atoms with E-state index in [1.165, 1.54) is 47.4 Å². The minimum atomic E-state index is -0.355. The number of ether oxygens (including phenoxy) is 1. The number of benzene rings is 3. The lowest BCUT2D eigenvalue weighted by Gasteiger charge is -2.09. The van der Waals surface area contributed by atoms with E-state index in [1.807, 2.05) is 43.3 Å². The van der Waals surface area contributed by atoms with Crippen molar-refractivity contribution in [1.82, 2.24) is 4.98 Å². The standard InChI is InChI=1S/C24H20FN3O3S2/c1-15-4-2-3-5-20(15)31-13-22(29)27-18-10-11-19-21(12-18)33-24(28-19)32-14-23(30)26-17-8-6-16(25)7-9-17/h2-12H,13-14H2,1H3,(H,26,30)(H,27,29). The number of halogens is 1. The fourth-order valence-electron chi connectivity index (χ4n) is 2.96. The molecule has 0 spiro atoms. The number of thioether (sulfide) groups is 1. The zero-order valence-corrected chi connectivity index (χ0v) is 19.3. The first-order valence-corrected chi connectivity index (χ1v) is 11.8. The Morgan fingerprint density at radius 2 is 1.73 bits per heavy atom. The quantitative estimate of drug-likeness (QED) is 0.325. The van der Waals surface area contributed by atoms with Gasteiger partial charge in [-0.05, 0) is 61.0 Å². The lowest BCUT2D eigenvalue weighted by atomic mass is 10.2. The van der Waals surface area contributed by atoms with Crippen molar-refractivity contribution in [1.29, 1.82) is 0 Å². The zero-order chi connectivity index (χ0) is 23.2. The molecular weight excluding hydrogens is 461 g/mol. The van der Waals surface area contributed by atoms with Crippen LogP contribution in [0.15, 0.2) is 71.1 Å². The topological polar surface area (TPSA) is 80.3 Å². The molecule has 2 N–H and O–H groups in total. The molecule has 0 aliphatic carbocycles. The number of aryl methyl sites for hydroxylation is 1. The van der Waals surface area contributed by atoms with Crippen LogP contribution in [0.1, 0.15) is 5.56 Å². The Kier molecular flexibility index (Phi) is 7.21. The van der Waals surface area contributed by atoms with E-state index in [2.05, 4.69) is 15.6 Å². The third-order valence-corrected chi connectivity index (χ3v) is 6.72. The van der Waals surface area contributed by atoms with E-state index in [0.717, 1.165) is 20.1 Å². The largest absolute Gasteiger partial charge is 0.483 e. The fourth-order valence-corrected chi connectivity index (χ4v) is 4.87. The molecule has 0 bridgehead atoms. The number of amides is 2. The van der Waals surface area contributed by atoms with Crippen molar-refractivity contribution in [3.8, 4) is 5.75 Å². The van der Waals surface area contributed by atoms with Crippen molar-refractivity contribution in [2.45, 2.75) is 11.3 Å². The molecule has 0 aliphatic rings. The molecule has 2 amide bonds. The lowest BCUT2D eigenvalue weighted by Crippen LogP contribution is -2.20. The van der Waals surface area contributed by atoms with Gasteiger partial charge >= 0.3 is 0 Å². The van der Waals surface area contributed by atoms with E-state index in [9.17, 15) is 14.0 Å². The molecule has 9 heteroatoms. The number of fused-ring (bicyclic) bond motifs is 1.